The number of aromatic nitrogens is 2. The van der Waals surface area contributed by atoms with Crippen LogP contribution in [0.15, 0.2) is 11.1 Å². The quantitative estimate of drug-likeness (QED) is 0.651. The number of nitrogens with two attached hydrogens (primary N) is 1. The third-order valence-electron chi connectivity index (χ3n) is 2.51. The van der Waals surface area contributed by atoms with Gasteiger partial charge in [0.15, 0.2) is 0 Å². The zero-order valence-corrected chi connectivity index (χ0v) is 9.46. The van der Waals surface area contributed by atoms with Gasteiger partial charge >= 0.3 is 0 Å². The van der Waals surface area contributed by atoms with Crippen LogP contribution in [-0.4, -0.2) is 38.4 Å². The molecule has 0 aromatic carbocycles. The van der Waals surface area contributed by atoms with Crippen LogP contribution in [0.3, 0.4) is 0 Å². The highest BCUT2D eigenvalue weighted by atomic mass is 32.2. The second-order valence-corrected chi connectivity index (χ2v) is 5.46. The molecule has 0 aliphatic carbocycles. The van der Waals surface area contributed by atoms with Crippen LogP contribution < -0.4 is 10.5 Å². The van der Waals surface area contributed by atoms with Crippen LogP contribution in [0.25, 0.3) is 0 Å². The minimum Gasteiger partial charge on any atom is -0.383 e. The monoisotopic (exact) mass is 246 g/mol. The van der Waals surface area contributed by atoms with Gasteiger partial charge in [0.1, 0.15) is 10.7 Å². The fraction of sp³-hybridized carbons (Fsp3) is 0.625. The number of ether oxygens (including phenoxy) is 1. The fourth-order valence-electron chi connectivity index (χ4n) is 1.55. The highest BCUT2D eigenvalue weighted by Crippen LogP contribution is 2.15. The molecular formula is C8H14N4O3S. The maximum atomic E-state index is 11.8. The SMILES string of the molecule is Nc1[nH]ncc1S(=O)(=O)NCC1CCOC1. The number of aromatic amines is 1. The molecule has 0 amide bonds. The summed E-state index contributed by atoms with van der Waals surface area (Å²) in [5, 5.41) is 5.96. The Kier molecular flexibility index (Phi) is 3.13. The van der Waals surface area contributed by atoms with Crippen LogP contribution in [0.1, 0.15) is 6.42 Å². The zero-order chi connectivity index (χ0) is 11.6. The van der Waals surface area contributed by atoms with Gasteiger partial charge < -0.3 is 10.5 Å². The van der Waals surface area contributed by atoms with Crippen molar-refractivity contribution in [2.45, 2.75) is 11.3 Å². The van der Waals surface area contributed by atoms with Gasteiger partial charge in [-0.25, -0.2) is 13.1 Å². The average molecular weight is 246 g/mol. The van der Waals surface area contributed by atoms with Gasteiger partial charge in [0, 0.05) is 13.2 Å². The van der Waals surface area contributed by atoms with Crippen LogP contribution in [0.2, 0.25) is 0 Å². The lowest BCUT2D eigenvalue weighted by atomic mass is 10.1. The predicted octanol–water partition coefficient (Wildman–Crippen LogP) is -0.693. The van der Waals surface area contributed by atoms with Gasteiger partial charge in [-0.1, -0.05) is 0 Å². The smallest absolute Gasteiger partial charge is 0.245 e. The van der Waals surface area contributed by atoms with Gasteiger partial charge in [-0.05, 0) is 12.3 Å². The Bertz CT molecular complexity index is 450. The number of rotatable bonds is 4. The maximum Gasteiger partial charge on any atom is 0.245 e. The lowest BCUT2D eigenvalue weighted by Crippen LogP contribution is -2.29. The standard InChI is InChI=1S/C8H14N4O3S/c9-8-7(4-10-12-8)16(13,14)11-3-6-1-2-15-5-6/h4,6,11H,1-3,5H2,(H3,9,10,12). The molecule has 1 unspecified atom stereocenters. The lowest BCUT2D eigenvalue weighted by Gasteiger charge is -2.09. The molecule has 16 heavy (non-hydrogen) atoms. The molecule has 1 atom stereocenters. The molecule has 8 heteroatoms. The summed E-state index contributed by atoms with van der Waals surface area (Å²) in [6.45, 7) is 1.66. The lowest BCUT2D eigenvalue weighted by molar-refractivity contribution is 0.186. The number of hydrogen-bond acceptors (Lipinski definition) is 5. The predicted molar refractivity (Wildman–Crippen MR) is 57.1 cm³/mol. The Balaban J connectivity index is 2.00. The van der Waals surface area contributed by atoms with Gasteiger partial charge in [0.2, 0.25) is 10.0 Å². The molecule has 90 valence electrons. The minimum absolute atomic E-state index is 0.00795. The molecule has 0 radical (unpaired) electrons. The van der Waals surface area contributed by atoms with Crippen LogP contribution in [0, 0.1) is 5.92 Å². The Hall–Kier alpha value is -1.12. The van der Waals surface area contributed by atoms with Crippen molar-refractivity contribution in [3.05, 3.63) is 6.20 Å². The number of nitrogens with zero attached hydrogens (tertiary/aromatic N) is 1. The Morgan fingerprint density at radius 1 is 1.69 bits per heavy atom. The summed E-state index contributed by atoms with van der Waals surface area (Å²) in [4.78, 5) is -0.00795. The third kappa shape index (κ3) is 2.34. The summed E-state index contributed by atoms with van der Waals surface area (Å²) >= 11 is 0. The first-order valence-electron chi connectivity index (χ1n) is 4.96. The number of nitrogen functional groups attached to an aromatic ring is 1. The van der Waals surface area contributed by atoms with Crippen molar-refractivity contribution in [2.24, 2.45) is 5.92 Å². The molecule has 1 aromatic heterocycles. The first-order chi connectivity index (χ1) is 7.59. The van der Waals surface area contributed by atoms with Gasteiger partial charge in [-0.15, -0.1) is 0 Å². The van der Waals surface area contributed by atoms with E-state index >= 15 is 0 Å². The molecule has 0 bridgehead atoms. The number of H-pyrrole nitrogens is 1. The molecule has 4 N–H and O–H groups in total. The molecule has 2 heterocycles. The largest absolute Gasteiger partial charge is 0.383 e. The summed E-state index contributed by atoms with van der Waals surface area (Å²) in [6.07, 6.45) is 2.08. The summed E-state index contributed by atoms with van der Waals surface area (Å²) in [7, 11) is -3.56. The van der Waals surface area contributed by atoms with E-state index in [0.29, 0.717) is 19.8 Å². The molecular weight excluding hydrogens is 232 g/mol. The molecule has 1 aliphatic heterocycles. The van der Waals surface area contributed by atoms with Crippen molar-refractivity contribution in [1.82, 2.24) is 14.9 Å². The molecule has 7 nitrogen and oxygen atoms in total. The van der Waals surface area contributed by atoms with E-state index < -0.39 is 10.0 Å². The number of sulfonamides is 1. The zero-order valence-electron chi connectivity index (χ0n) is 8.64. The van der Waals surface area contributed by atoms with Crippen molar-refractivity contribution in [2.75, 3.05) is 25.5 Å². The Morgan fingerprint density at radius 3 is 3.06 bits per heavy atom. The molecule has 1 aromatic rings. The van der Waals surface area contributed by atoms with E-state index in [2.05, 4.69) is 14.9 Å². The van der Waals surface area contributed by atoms with E-state index in [1.54, 1.807) is 0 Å². The van der Waals surface area contributed by atoms with E-state index in [1.165, 1.54) is 6.20 Å². The Morgan fingerprint density at radius 2 is 2.50 bits per heavy atom. The first kappa shape index (κ1) is 11.4. The van der Waals surface area contributed by atoms with E-state index in [1.807, 2.05) is 0 Å². The summed E-state index contributed by atoms with van der Waals surface area (Å²) in [5.74, 6) is 0.290. The van der Waals surface area contributed by atoms with Crippen LogP contribution >= 0.6 is 0 Å². The van der Waals surface area contributed by atoms with Crippen molar-refractivity contribution in [1.29, 1.82) is 0 Å². The molecule has 0 saturated carbocycles. The van der Waals surface area contributed by atoms with Crippen LogP contribution in [0.4, 0.5) is 5.82 Å². The normalized spacial score (nSPS) is 21.4. The highest BCUT2D eigenvalue weighted by molar-refractivity contribution is 7.89. The van der Waals surface area contributed by atoms with Crippen LogP contribution in [0.5, 0.6) is 0 Å². The van der Waals surface area contributed by atoms with Gasteiger partial charge in [0.25, 0.3) is 0 Å². The van der Waals surface area contributed by atoms with Crippen molar-refractivity contribution >= 4 is 15.8 Å². The van der Waals surface area contributed by atoms with Gasteiger partial charge in [-0.2, -0.15) is 5.10 Å². The van der Waals surface area contributed by atoms with Crippen molar-refractivity contribution < 1.29 is 13.2 Å². The summed E-state index contributed by atoms with van der Waals surface area (Å²) in [5.41, 5.74) is 5.45. The molecule has 2 rings (SSSR count). The van der Waals surface area contributed by atoms with Gasteiger partial charge in [0.05, 0.1) is 12.8 Å². The molecule has 1 aliphatic rings. The van der Waals surface area contributed by atoms with Crippen molar-refractivity contribution in [3.63, 3.8) is 0 Å². The second kappa shape index (κ2) is 4.40. The second-order valence-electron chi connectivity index (χ2n) is 3.73. The van der Waals surface area contributed by atoms with Crippen LogP contribution in [-0.2, 0) is 14.8 Å². The average Bonchev–Trinajstić information content (AvgIpc) is 2.85. The topological polar surface area (TPSA) is 110 Å². The Labute approximate surface area is 93.4 Å². The molecule has 1 saturated heterocycles. The van der Waals surface area contributed by atoms with E-state index in [0.717, 1.165) is 6.42 Å². The van der Waals surface area contributed by atoms with Gasteiger partial charge in [-0.3, -0.25) is 5.10 Å². The first-order valence-corrected chi connectivity index (χ1v) is 6.44. The molecule has 1 fully saturated rings. The maximum absolute atomic E-state index is 11.8. The van der Waals surface area contributed by atoms with E-state index in [4.69, 9.17) is 10.5 Å². The number of hydrogen-bond donors (Lipinski definition) is 3. The summed E-state index contributed by atoms with van der Waals surface area (Å²) < 4.78 is 31.2. The third-order valence-corrected chi connectivity index (χ3v) is 3.96. The van der Waals surface area contributed by atoms with E-state index in [9.17, 15) is 8.42 Å². The fourth-order valence-corrected chi connectivity index (χ4v) is 2.69. The summed E-state index contributed by atoms with van der Waals surface area (Å²) in [6, 6.07) is 0. The van der Waals surface area contributed by atoms with Crippen molar-refractivity contribution in [3.8, 4) is 0 Å². The minimum atomic E-state index is -3.56. The molecule has 0 spiro atoms. The number of nitrogens with one attached hydrogen (secondary N) is 2. The van der Waals surface area contributed by atoms with E-state index in [-0.39, 0.29) is 16.6 Å². The highest BCUT2D eigenvalue weighted by Gasteiger charge is 2.22. The number of anilines is 1.